The fraction of sp³-hybridized carbons (Fsp3) is 0.231. The highest BCUT2D eigenvalue weighted by atomic mass is 16.4. The molecule has 5 N–H and O–H groups in total. The Kier molecular flexibility index (Phi) is 13.4. The van der Waals surface area contributed by atoms with E-state index in [1.165, 1.54) is 6.92 Å². The number of nitrogens with two attached hydrogens (primary N) is 1. The second-order valence-corrected chi connectivity index (χ2v) is 3.71. The number of carbonyl (C=O) groups is 4. The summed E-state index contributed by atoms with van der Waals surface area (Å²) in [5.41, 5.74) is 4.97. The predicted molar refractivity (Wildman–Crippen MR) is 75.5 cm³/mol. The fourth-order valence-corrected chi connectivity index (χ4v) is 0.258. The van der Waals surface area contributed by atoms with Gasteiger partial charge in [-0.15, -0.1) is 0 Å². The number of carbonyl (C=O) groups excluding carboxylic acids is 1. The summed E-state index contributed by atoms with van der Waals surface area (Å²) < 4.78 is 0. The number of primary amides is 1. The van der Waals surface area contributed by atoms with Gasteiger partial charge >= 0.3 is 17.9 Å². The van der Waals surface area contributed by atoms with Gasteiger partial charge < -0.3 is 21.1 Å². The number of hydrogen-bond acceptors (Lipinski definition) is 4. The van der Waals surface area contributed by atoms with Gasteiger partial charge in [-0.25, -0.2) is 9.59 Å². The molecule has 0 fully saturated rings. The smallest absolute Gasteiger partial charge is 0.331 e. The number of rotatable bonds is 5. The third kappa shape index (κ3) is 22.7. The first kappa shape index (κ1) is 23.2. The van der Waals surface area contributed by atoms with Gasteiger partial charge in [-0.05, 0) is 13.8 Å². The SMILES string of the molecule is C=C(C)C(=O)O.C=C(C)C(N)=O.C=C(CC(=O)O)C(=O)O. The van der Waals surface area contributed by atoms with Crippen molar-refractivity contribution in [3.05, 3.63) is 36.5 Å². The van der Waals surface area contributed by atoms with E-state index in [0.29, 0.717) is 5.57 Å². The van der Waals surface area contributed by atoms with E-state index in [2.05, 4.69) is 19.7 Å². The standard InChI is InChI=1S/C5H6O4.C4H7NO.C4H6O2/c1-3(5(8)9)2-4(6)7;2*1-3(2)4(5)6/h1-2H2,(H,6,7)(H,8,9);1H2,2H3,(H2,5,6);1H2,2H3,(H,5,6). The van der Waals surface area contributed by atoms with Crippen LogP contribution in [0.4, 0.5) is 0 Å². The topological polar surface area (TPSA) is 155 Å². The van der Waals surface area contributed by atoms with E-state index in [0.717, 1.165) is 0 Å². The van der Waals surface area contributed by atoms with Crippen molar-refractivity contribution in [1.82, 2.24) is 0 Å². The van der Waals surface area contributed by atoms with Gasteiger partial charge in [0.15, 0.2) is 0 Å². The molecule has 0 heterocycles. The Morgan fingerprint density at radius 3 is 1.19 bits per heavy atom. The molecule has 0 unspecified atom stereocenters. The molecule has 0 spiro atoms. The van der Waals surface area contributed by atoms with E-state index in [9.17, 15) is 19.2 Å². The van der Waals surface area contributed by atoms with Crippen LogP contribution in [0, 0.1) is 0 Å². The minimum absolute atomic E-state index is 0.176. The van der Waals surface area contributed by atoms with Crippen molar-refractivity contribution >= 4 is 23.8 Å². The highest BCUT2D eigenvalue weighted by molar-refractivity contribution is 5.91. The number of amides is 1. The summed E-state index contributed by atoms with van der Waals surface area (Å²) in [4.78, 5) is 39.1. The van der Waals surface area contributed by atoms with Crippen LogP contribution in [-0.4, -0.2) is 39.1 Å². The summed E-state index contributed by atoms with van der Waals surface area (Å²) in [7, 11) is 0. The van der Waals surface area contributed by atoms with Crippen LogP contribution >= 0.6 is 0 Å². The van der Waals surface area contributed by atoms with E-state index in [-0.39, 0.29) is 11.1 Å². The van der Waals surface area contributed by atoms with Crippen molar-refractivity contribution in [1.29, 1.82) is 0 Å². The summed E-state index contributed by atoms with van der Waals surface area (Å²) in [6.45, 7) is 12.5. The molecule has 8 nitrogen and oxygen atoms in total. The van der Waals surface area contributed by atoms with Gasteiger partial charge in [-0.2, -0.15) is 0 Å². The minimum atomic E-state index is -1.27. The van der Waals surface area contributed by atoms with Crippen LogP contribution in [0.5, 0.6) is 0 Å². The molecule has 0 saturated carbocycles. The second-order valence-electron chi connectivity index (χ2n) is 3.71. The van der Waals surface area contributed by atoms with Gasteiger partial charge in [0.2, 0.25) is 5.91 Å². The Morgan fingerprint density at radius 1 is 0.857 bits per heavy atom. The molecule has 21 heavy (non-hydrogen) atoms. The molecular weight excluding hydrogens is 282 g/mol. The Balaban J connectivity index is -0.000000240. The van der Waals surface area contributed by atoms with Gasteiger partial charge in [-0.1, -0.05) is 19.7 Å². The fourth-order valence-electron chi connectivity index (χ4n) is 0.258. The Hall–Kier alpha value is -2.90. The van der Waals surface area contributed by atoms with E-state index in [1.54, 1.807) is 6.92 Å². The van der Waals surface area contributed by atoms with Crippen LogP contribution in [0.1, 0.15) is 20.3 Å². The average Bonchev–Trinajstić information content (AvgIpc) is 2.29. The molecule has 0 bridgehead atoms. The highest BCUT2D eigenvalue weighted by Crippen LogP contribution is 1.95. The van der Waals surface area contributed by atoms with Crippen LogP contribution in [0.15, 0.2) is 36.5 Å². The number of hydrogen-bond donors (Lipinski definition) is 4. The molecule has 0 atom stereocenters. The normalized spacial score (nSPS) is 7.90. The van der Waals surface area contributed by atoms with Crippen molar-refractivity contribution < 1.29 is 34.5 Å². The first-order valence-corrected chi connectivity index (χ1v) is 5.29. The zero-order valence-electron chi connectivity index (χ0n) is 11.9. The van der Waals surface area contributed by atoms with Crippen LogP contribution in [0.25, 0.3) is 0 Å². The summed E-state index contributed by atoms with van der Waals surface area (Å²) in [5.74, 6) is -3.81. The predicted octanol–water partition coefficient (Wildman–Crippen LogP) is 0.797. The Bertz CT molecular complexity index is 415. The van der Waals surface area contributed by atoms with Crippen LogP contribution in [-0.2, 0) is 19.2 Å². The van der Waals surface area contributed by atoms with E-state index in [1.807, 2.05) is 0 Å². The molecule has 0 saturated heterocycles. The zero-order chi connectivity index (χ0) is 17.7. The van der Waals surface area contributed by atoms with Gasteiger partial charge in [0.1, 0.15) is 0 Å². The molecule has 0 aliphatic heterocycles. The molecule has 0 rings (SSSR count). The van der Waals surface area contributed by atoms with Gasteiger partial charge in [0, 0.05) is 16.7 Å². The molecule has 1 amide bonds. The van der Waals surface area contributed by atoms with Crippen molar-refractivity contribution in [3.63, 3.8) is 0 Å². The zero-order valence-corrected chi connectivity index (χ0v) is 11.9. The summed E-state index contributed by atoms with van der Waals surface area (Å²) in [6, 6.07) is 0. The minimum Gasteiger partial charge on any atom is -0.481 e. The van der Waals surface area contributed by atoms with Crippen molar-refractivity contribution in [2.45, 2.75) is 20.3 Å². The quantitative estimate of drug-likeness (QED) is 0.547. The summed E-state index contributed by atoms with van der Waals surface area (Å²) >= 11 is 0. The van der Waals surface area contributed by atoms with Crippen LogP contribution < -0.4 is 5.73 Å². The van der Waals surface area contributed by atoms with E-state index in [4.69, 9.17) is 21.1 Å². The Morgan fingerprint density at radius 2 is 1.14 bits per heavy atom. The molecule has 0 aliphatic carbocycles. The van der Waals surface area contributed by atoms with Crippen molar-refractivity contribution in [2.24, 2.45) is 5.73 Å². The third-order valence-electron chi connectivity index (χ3n) is 1.45. The molecule has 8 heteroatoms. The van der Waals surface area contributed by atoms with Gasteiger partial charge in [0.05, 0.1) is 6.42 Å². The monoisotopic (exact) mass is 301 g/mol. The molecule has 0 aromatic rings. The first-order chi connectivity index (χ1) is 9.32. The first-order valence-electron chi connectivity index (χ1n) is 5.29. The lowest BCUT2D eigenvalue weighted by atomic mass is 10.2. The lowest BCUT2D eigenvalue weighted by molar-refractivity contribution is -0.139. The molecule has 0 aliphatic rings. The maximum atomic E-state index is 9.87. The maximum absolute atomic E-state index is 9.87. The summed E-state index contributed by atoms with van der Waals surface area (Å²) in [6.07, 6.45) is -0.505. The lowest BCUT2D eigenvalue weighted by Crippen LogP contribution is -2.10. The maximum Gasteiger partial charge on any atom is 0.331 e. The summed E-state index contributed by atoms with van der Waals surface area (Å²) in [5, 5.41) is 24.0. The van der Waals surface area contributed by atoms with Gasteiger partial charge in [0.25, 0.3) is 0 Å². The molecule has 0 aromatic heterocycles. The highest BCUT2D eigenvalue weighted by Gasteiger charge is 2.07. The van der Waals surface area contributed by atoms with Crippen LogP contribution in [0.3, 0.4) is 0 Å². The van der Waals surface area contributed by atoms with E-state index >= 15 is 0 Å². The van der Waals surface area contributed by atoms with Gasteiger partial charge in [-0.3, -0.25) is 9.59 Å². The molecular formula is C13H19NO7. The second kappa shape index (κ2) is 12.2. The number of aliphatic carboxylic acids is 3. The Labute approximate surface area is 121 Å². The van der Waals surface area contributed by atoms with E-state index < -0.39 is 30.2 Å². The number of carboxylic acids is 3. The lowest BCUT2D eigenvalue weighted by Gasteiger charge is -1.91. The molecule has 118 valence electrons. The number of carboxylic acid groups (broad SMARTS) is 3. The molecule has 0 radical (unpaired) electrons. The van der Waals surface area contributed by atoms with Crippen LogP contribution in [0.2, 0.25) is 0 Å². The molecule has 0 aromatic carbocycles. The largest absolute Gasteiger partial charge is 0.481 e. The van der Waals surface area contributed by atoms with Crippen molar-refractivity contribution in [2.75, 3.05) is 0 Å². The average molecular weight is 301 g/mol. The van der Waals surface area contributed by atoms with Crippen molar-refractivity contribution in [3.8, 4) is 0 Å². The third-order valence-corrected chi connectivity index (χ3v) is 1.45.